The minimum Gasteiger partial charge on any atom is -0.309 e. The van der Waals surface area contributed by atoms with Crippen LogP contribution >= 0.6 is 0 Å². The minimum atomic E-state index is 0.831. The molecule has 1 aromatic carbocycles. The van der Waals surface area contributed by atoms with E-state index in [0.717, 1.165) is 23.7 Å². The molecule has 92 valence electrons. The lowest BCUT2D eigenvalue weighted by atomic mass is 9.75. The number of hydrogen-bond donors (Lipinski definition) is 0. The molecule has 2 saturated carbocycles. The fourth-order valence-corrected chi connectivity index (χ4v) is 4.29. The topological polar surface area (TPSA) is 3.24 Å². The molecule has 3 rings (SSSR count). The van der Waals surface area contributed by atoms with Gasteiger partial charge in [0.15, 0.2) is 0 Å². The van der Waals surface area contributed by atoms with Crippen LogP contribution in [0, 0.1) is 17.8 Å². The third-order valence-electron chi connectivity index (χ3n) is 4.85. The summed E-state index contributed by atoms with van der Waals surface area (Å²) in [6.07, 6.45) is 4.43. The molecule has 2 bridgehead atoms. The zero-order chi connectivity index (χ0) is 11.8. The molecule has 0 saturated heterocycles. The summed E-state index contributed by atoms with van der Waals surface area (Å²) in [7, 11) is 4.43. The highest BCUT2D eigenvalue weighted by molar-refractivity contribution is 5.24. The van der Waals surface area contributed by atoms with Crippen molar-refractivity contribution in [3.8, 4) is 0 Å². The second kappa shape index (κ2) is 4.45. The van der Waals surface area contributed by atoms with Gasteiger partial charge in [0.05, 0.1) is 0 Å². The molecule has 0 spiro atoms. The van der Waals surface area contributed by atoms with Gasteiger partial charge in [-0.2, -0.15) is 0 Å². The molecule has 1 aromatic rings. The van der Waals surface area contributed by atoms with Crippen LogP contribution in [-0.4, -0.2) is 25.5 Å². The van der Waals surface area contributed by atoms with Gasteiger partial charge in [-0.05, 0) is 62.6 Å². The normalized spacial score (nSPS) is 35.7. The van der Waals surface area contributed by atoms with E-state index in [0.29, 0.717) is 0 Å². The van der Waals surface area contributed by atoms with E-state index in [2.05, 4.69) is 49.3 Å². The maximum absolute atomic E-state index is 2.38. The van der Waals surface area contributed by atoms with Crippen LogP contribution in [0.2, 0.25) is 0 Å². The molecular formula is C16H23N. The fraction of sp³-hybridized carbons (Fsp3) is 0.625. The van der Waals surface area contributed by atoms with Crippen LogP contribution in [-0.2, 0) is 0 Å². The number of benzene rings is 1. The van der Waals surface area contributed by atoms with Crippen molar-refractivity contribution in [2.75, 3.05) is 20.6 Å². The van der Waals surface area contributed by atoms with Crippen molar-refractivity contribution in [3.63, 3.8) is 0 Å². The highest BCUT2D eigenvalue weighted by atomic mass is 15.1. The first kappa shape index (κ1) is 11.3. The van der Waals surface area contributed by atoms with Crippen LogP contribution in [0.3, 0.4) is 0 Å². The number of nitrogens with zero attached hydrogens (tertiary/aromatic N) is 1. The SMILES string of the molecule is CN(C)C[C@@H]1[C@@H]2CC[C@@H](C2)[C@@H]1c1ccccc1. The molecule has 2 aliphatic rings. The van der Waals surface area contributed by atoms with Crippen LogP contribution in [0.15, 0.2) is 30.3 Å². The smallest absolute Gasteiger partial charge is 0.00122 e. The van der Waals surface area contributed by atoms with E-state index in [-0.39, 0.29) is 0 Å². The molecule has 2 fully saturated rings. The van der Waals surface area contributed by atoms with Crippen LogP contribution in [0.1, 0.15) is 30.7 Å². The third-order valence-corrected chi connectivity index (χ3v) is 4.85. The summed E-state index contributed by atoms with van der Waals surface area (Å²) in [5.74, 6) is 3.68. The largest absolute Gasteiger partial charge is 0.309 e. The van der Waals surface area contributed by atoms with Crippen LogP contribution in [0.4, 0.5) is 0 Å². The van der Waals surface area contributed by atoms with Gasteiger partial charge in [-0.1, -0.05) is 30.3 Å². The van der Waals surface area contributed by atoms with Crippen molar-refractivity contribution < 1.29 is 0 Å². The van der Waals surface area contributed by atoms with Crippen LogP contribution < -0.4 is 0 Å². The molecule has 0 aromatic heterocycles. The van der Waals surface area contributed by atoms with E-state index >= 15 is 0 Å². The average molecular weight is 229 g/mol. The molecule has 0 amide bonds. The van der Waals surface area contributed by atoms with Crippen molar-refractivity contribution in [1.29, 1.82) is 0 Å². The lowest BCUT2D eigenvalue weighted by Gasteiger charge is -2.33. The third kappa shape index (κ3) is 2.01. The fourth-order valence-electron chi connectivity index (χ4n) is 4.29. The Morgan fingerprint density at radius 1 is 1.06 bits per heavy atom. The molecule has 0 N–H and O–H groups in total. The predicted octanol–water partition coefficient (Wildman–Crippen LogP) is 3.38. The summed E-state index contributed by atoms with van der Waals surface area (Å²) >= 11 is 0. The van der Waals surface area contributed by atoms with Crippen LogP contribution in [0.5, 0.6) is 0 Å². The zero-order valence-corrected chi connectivity index (χ0v) is 11.0. The first-order chi connectivity index (χ1) is 8.25. The maximum atomic E-state index is 2.38. The van der Waals surface area contributed by atoms with Gasteiger partial charge < -0.3 is 4.90 Å². The highest BCUT2D eigenvalue weighted by Crippen LogP contribution is 2.56. The minimum absolute atomic E-state index is 0.831. The van der Waals surface area contributed by atoms with Gasteiger partial charge in [0.25, 0.3) is 0 Å². The molecule has 0 aliphatic heterocycles. The van der Waals surface area contributed by atoms with Gasteiger partial charge >= 0.3 is 0 Å². The maximum Gasteiger partial charge on any atom is 0.00122 e. The Labute approximate surface area is 105 Å². The number of fused-ring (bicyclic) bond motifs is 2. The van der Waals surface area contributed by atoms with Gasteiger partial charge in [-0.15, -0.1) is 0 Å². The van der Waals surface area contributed by atoms with Crippen molar-refractivity contribution >= 4 is 0 Å². The first-order valence-electron chi connectivity index (χ1n) is 6.95. The summed E-state index contributed by atoms with van der Waals surface area (Å²) in [6, 6.07) is 11.2. The lowest BCUT2D eigenvalue weighted by molar-refractivity contribution is 0.219. The zero-order valence-electron chi connectivity index (χ0n) is 11.0. The van der Waals surface area contributed by atoms with Crippen molar-refractivity contribution in [1.82, 2.24) is 4.90 Å². The van der Waals surface area contributed by atoms with Gasteiger partial charge in [-0.25, -0.2) is 0 Å². The summed E-state index contributed by atoms with van der Waals surface area (Å²) in [5, 5.41) is 0. The Balaban J connectivity index is 1.86. The van der Waals surface area contributed by atoms with Gasteiger partial charge in [-0.3, -0.25) is 0 Å². The predicted molar refractivity (Wildman–Crippen MR) is 72.1 cm³/mol. The standard InChI is InChI=1S/C16H23N/c1-17(2)11-15-13-8-9-14(10-13)16(15)12-6-4-3-5-7-12/h3-7,13-16H,8-11H2,1-2H3/t13-,14+,15-,16+/m1/s1. The average Bonchev–Trinajstić information content (AvgIpc) is 2.90. The Morgan fingerprint density at radius 3 is 2.47 bits per heavy atom. The van der Waals surface area contributed by atoms with E-state index in [4.69, 9.17) is 0 Å². The molecule has 1 nitrogen and oxygen atoms in total. The van der Waals surface area contributed by atoms with Crippen molar-refractivity contribution in [3.05, 3.63) is 35.9 Å². The lowest BCUT2D eigenvalue weighted by Crippen LogP contribution is -2.30. The first-order valence-corrected chi connectivity index (χ1v) is 6.95. The van der Waals surface area contributed by atoms with Crippen molar-refractivity contribution in [2.24, 2.45) is 17.8 Å². The van der Waals surface area contributed by atoms with Gasteiger partial charge in [0, 0.05) is 6.54 Å². The summed E-state index contributed by atoms with van der Waals surface area (Å²) in [6.45, 7) is 1.26. The molecule has 0 radical (unpaired) electrons. The van der Waals surface area contributed by atoms with E-state index in [1.165, 1.54) is 25.8 Å². The molecule has 1 heteroatoms. The molecular weight excluding hydrogens is 206 g/mol. The van der Waals surface area contributed by atoms with E-state index < -0.39 is 0 Å². The quantitative estimate of drug-likeness (QED) is 0.768. The summed E-state index contributed by atoms with van der Waals surface area (Å²) in [4.78, 5) is 2.38. The van der Waals surface area contributed by atoms with Crippen molar-refractivity contribution in [2.45, 2.75) is 25.2 Å². The highest BCUT2D eigenvalue weighted by Gasteiger charge is 2.47. The second-order valence-electron chi connectivity index (χ2n) is 6.20. The molecule has 0 unspecified atom stereocenters. The number of hydrogen-bond acceptors (Lipinski definition) is 1. The molecule has 2 aliphatic carbocycles. The van der Waals surface area contributed by atoms with E-state index in [1.807, 2.05) is 0 Å². The van der Waals surface area contributed by atoms with Gasteiger partial charge in [0.2, 0.25) is 0 Å². The Morgan fingerprint density at radius 2 is 1.76 bits per heavy atom. The summed E-state index contributed by atoms with van der Waals surface area (Å²) < 4.78 is 0. The Bertz CT molecular complexity index is 370. The molecule has 17 heavy (non-hydrogen) atoms. The second-order valence-corrected chi connectivity index (χ2v) is 6.20. The Kier molecular flexibility index (Phi) is 2.96. The monoisotopic (exact) mass is 229 g/mol. The van der Waals surface area contributed by atoms with E-state index in [1.54, 1.807) is 5.56 Å². The number of rotatable bonds is 3. The Hall–Kier alpha value is -0.820. The van der Waals surface area contributed by atoms with E-state index in [9.17, 15) is 0 Å². The molecule has 4 atom stereocenters. The molecule has 0 heterocycles. The van der Waals surface area contributed by atoms with Crippen LogP contribution in [0.25, 0.3) is 0 Å². The summed E-state index contributed by atoms with van der Waals surface area (Å²) in [5.41, 5.74) is 1.59. The van der Waals surface area contributed by atoms with Gasteiger partial charge in [0.1, 0.15) is 0 Å².